The van der Waals surface area contributed by atoms with Crippen LogP contribution in [0.1, 0.15) is 35.4 Å². The van der Waals surface area contributed by atoms with E-state index in [0.717, 1.165) is 18.1 Å². The van der Waals surface area contributed by atoms with Crippen molar-refractivity contribution in [2.24, 2.45) is 5.92 Å². The molecule has 108 valence electrons. The maximum atomic E-state index is 12.2. The largest absolute Gasteiger partial charge is 0.339 e. The Balaban J connectivity index is 1.56. The van der Waals surface area contributed by atoms with Gasteiger partial charge in [0.15, 0.2) is 0 Å². The van der Waals surface area contributed by atoms with Crippen molar-refractivity contribution >= 4 is 23.3 Å². The Hall–Kier alpha value is -1.50. The summed E-state index contributed by atoms with van der Waals surface area (Å²) in [6.07, 6.45) is 6.51. The molecule has 2 fully saturated rings. The molecule has 0 bridgehead atoms. The molecule has 2 amide bonds. The van der Waals surface area contributed by atoms with Gasteiger partial charge in [0.2, 0.25) is 5.91 Å². The van der Waals surface area contributed by atoms with Crippen LogP contribution < -0.4 is 0 Å². The summed E-state index contributed by atoms with van der Waals surface area (Å²) in [6.45, 7) is 2.30. The van der Waals surface area contributed by atoms with Crippen LogP contribution in [0.15, 0.2) is 6.20 Å². The maximum Gasteiger partial charge on any atom is 0.267 e. The molecule has 0 N–H and O–H groups in total. The van der Waals surface area contributed by atoms with Crippen LogP contribution in [0, 0.1) is 5.92 Å². The summed E-state index contributed by atoms with van der Waals surface area (Å²) in [5, 5.41) is 3.67. The third-order valence-electron chi connectivity index (χ3n) is 4.13. The molecule has 1 aliphatic heterocycles. The van der Waals surface area contributed by atoms with Gasteiger partial charge in [0.05, 0.1) is 6.20 Å². The Bertz CT molecular complexity index is 485. The van der Waals surface area contributed by atoms with Crippen LogP contribution in [0.25, 0.3) is 0 Å². The highest BCUT2D eigenvalue weighted by molar-refractivity contribution is 7.07. The Morgan fingerprint density at radius 1 is 1.35 bits per heavy atom. The van der Waals surface area contributed by atoms with Gasteiger partial charge in [0.25, 0.3) is 5.91 Å². The van der Waals surface area contributed by atoms with Crippen molar-refractivity contribution < 1.29 is 9.59 Å². The minimum atomic E-state index is -0.131. The van der Waals surface area contributed by atoms with E-state index >= 15 is 0 Å². The quantitative estimate of drug-likeness (QED) is 0.834. The van der Waals surface area contributed by atoms with E-state index < -0.39 is 0 Å². The van der Waals surface area contributed by atoms with Crippen molar-refractivity contribution in [1.29, 1.82) is 0 Å². The van der Waals surface area contributed by atoms with Gasteiger partial charge >= 0.3 is 0 Å². The Labute approximate surface area is 121 Å². The van der Waals surface area contributed by atoms with E-state index in [0.29, 0.717) is 23.9 Å². The number of hydrogen-bond donors (Lipinski definition) is 0. The minimum absolute atomic E-state index is 0.0639. The molecule has 1 saturated carbocycles. The lowest BCUT2D eigenvalue weighted by molar-refractivity contribution is -0.135. The van der Waals surface area contributed by atoms with Gasteiger partial charge in [-0.15, -0.1) is 5.10 Å². The van der Waals surface area contributed by atoms with E-state index in [-0.39, 0.29) is 18.4 Å². The zero-order valence-electron chi connectivity index (χ0n) is 11.3. The minimum Gasteiger partial charge on any atom is -0.339 e. The van der Waals surface area contributed by atoms with Gasteiger partial charge in [0, 0.05) is 19.6 Å². The highest BCUT2D eigenvalue weighted by Gasteiger charge is 2.30. The first-order valence-electron chi connectivity index (χ1n) is 7.08. The smallest absolute Gasteiger partial charge is 0.267 e. The molecule has 1 saturated heterocycles. The van der Waals surface area contributed by atoms with Gasteiger partial charge in [0.1, 0.15) is 11.4 Å². The number of amides is 2. The van der Waals surface area contributed by atoms with Crippen LogP contribution in [0.4, 0.5) is 0 Å². The number of nitrogens with zero attached hydrogens (tertiary/aromatic N) is 4. The first kappa shape index (κ1) is 13.5. The Morgan fingerprint density at radius 2 is 2.15 bits per heavy atom. The second kappa shape index (κ2) is 5.87. The standard InChI is InChI=1S/C13H18N4O2S/c18-12-9-17(13(19)11-7-14-15-20-11)6-5-16(12)8-10-3-1-2-4-10/h7,10H,1-6,8-9H2. The molecule has 2 heterocycles. The highest BCUT2D eigenvalue weighted by atomic mass is 32.1. The number of carbonyl (C=O) groups excluding carboxylic acids is 2. The zero-order valence-corrected chi connectivity index (χ0v) is 12.1. The van der Waals surface area contributed by atoms with Crippen LogP contribution in [-0.2, 0) is 4.79 Å². The fraction of sp³-hybridized carbons (Fsp3) is 0.692. The predicted molar refractivity (Wildman–Crippen MR) is 74.4 cm³/mol. The van der Waals surface area contributed by atoms with Gasteiger partial charge in [-0.05, 0) is 30.3 Å². The lowest BCUT2D eigenvalue weighted by Gasteiger charge is -2.35. The first-order valence-corrected chi connectivity index (χ1v) is 7.86. The van der Waals surface area contributed by atoms with Crippen molar-refractivity contribution in [2.45, 2.75) is 25.7 Å². The number of aromatic nitrogens is 2. The molecule has 20 heavy (non-hydrogen) atoms. The third kappa shape index (κ3) is 2.82. The summed E-state index contributed by atoms with van der Waals surface area (Å²) in [5.41, 5.74) is 0. The molecule has 1 aromatic rings. The van der Waals surface area contributed by atoms with Crippen molar-refractivity contribution in [1.82, 2.24) is 19.4 Å². The Kier molecular flexibility index (Phi) is 3.95. The summed E-state index contributed by atoms with van der Waals surface area (Å²) in [7, 11) is 0. The van der Waals surface area contributed by atoms with Crippen molar-refractivity contribution in [3.8, 4) is 0 Å². The zero-order chi connectivity index (χ0) is 13.9. The Morgan fingerprint density at radius 3 is 2.80 bits per heavy atom. The molecule has 0 radical (unpaired) electrons. The van der Waals surface area contributed by atoms with Crippen LogP contribution in [0.3, 0.4) is 0 Å². The van der Waals surface area contributed by atoms with Crippen molar-refractivity contribution in [3.63, 3.8) is 0 Å². The second-order valence-electron chi connectivity index (χ2n) is 5.50. The number of rotatable bonds is 3. The molecule has 0 aromatic carbocycles. The van der Waals surface area contributed by atoms with Gasteiger partial charge in [-0.2, -0.15) is 0 Å². The highest BCUT2D eigenvalue weighted by Crippen LogP contribution is 2.26. The number of hydrogen-bond acceptors (Lipinski definition) is 5. The molecule has 7 heteroatoms. The van der Waals surface area contributed by atoms with Crippen molar-refractivity contribution in [2.75, 3.05) is 26.2 Å². The third-order valence-corrected chi connectivity index (χ3v) is 4.78. The molecular weight excluding hydrogens is 276 g/mol. The predicted octanol–water partition coefficient (Wildman–Crippen LogP) is 1.01. The van der Waals surface area contributed by atoms with E-state index in [1.807, 2.05) is 4.90 Å². The monoisotopic (exact) mass is 294 g/mol. The summed E-state index contributed by atoms with van der Waals surface area (Å²) in [4.78, 5) is 28.3. The van der Waals surface area contributed by atoms with Gasteiger partial charge in [-0.3, -0.25) is 9.59 Å². The molecule has 0 unspecified atom stereocenters. The molecule has 1 aliphatic carbocycles. The normalized spacial score (nSPS) is 20.7. The van der Waals surface area contributed by atoms with E-state index in [9.17, 15) is 9.59 Å². The molecule has 6 nitrogen and oxygen atoms in total. The van der Waals surface area contributed by atoms with Crippen LogP contribution >= 0.6 is 11.5 Å². The molecular formula is C13H18N4O2S. The summed E-state index contributed by atoms with van der Waals surface area (Å²) in [5.74, 6) is 0.592. The van der Waals surface area contributed by atoms with Crippen LogP contribution in [0.2, 0.25) is 0 Å². The van der Waals surface area contributed by atoms with Gasteiger partial charge < -0.3 is 9.80 Å². The van der Waals surface area contributed by atoms with E-state index in [4.69, 9.17) is 0 Å². The summed E-state index contributed by atoms with van der Waals surface area (Å²) >= 11 is 1.08. The van der Waals surface area contributed by atoms with Gasteiger partial charge in [-0.25, -0.2) is 0 Å². The SMILES string of the molecule is O=C1CN(C(=O)c2cnns2)CCN1CC1CCCC1. The molecule has 0 atom stereocenters. The topological polar surface area (TPSA) is 66.4 Å². The lowest BCUT2D eigenvalue weighted by atomic mass is 10.1. The van der Waals surface area contributed by atoms with E-state index in [2.05, 4.69) is 9.59 Å². The fourth-order valence-corrected chi connectivity index (χ4v) is 3.48. The molecule has 1 aromatic heterocycles. The lowest BCUT2D eigenvalue weighted by Crippen LogP contribution is -2.53. The van der Waals surface area contributed by atoms with Crippen LogP contribution in [0.5, 0.6) is 0 Å². The molecule has 2 aliphatic rings. The van der Waals surface area contributed by atoms with E-state index in [1.165, 1.54) is 31.9 Å². The van der Waals surface area contributed by atoms with E-state index in [1.54, 1.807) is 4.90 Å². The van der Waals surface area contributed by atoms with Crippen molar-refractivity contribution in [3.05, 3.63) is 11.1 Å². The average Bonchev–Trinajstić information content (AvgIpc) is 3.12. The summed E-state index contributed by atoms with van der Waals surface area (Å²) < 4.78 is 3.69. The molecule has 0 spiro atoms. The fourth-order valence-electron chi connectivity index (χ4n) is 3.00. The number of piperazine rings is 1. The summed E-state index contributed by atoms with van der Waals surface area (Å²) in [6, 6.07) is 0. The maximum absolute atomic E-state index is 12.2. The molecule has 3 rings (SSSR count). The average molecular weight is 294 g/mol. The number of carbonyl (C=O) groups is 2. The second-order valence-corrected chi connectivity index (χ2v) is 6.28. The first-order chi connectivity index (χ1) is 9.74. The van der Waals surface area contributed by atoms with Crippen LogP contribution in [-0.4, -0.2) is 57.4 Å². The van der Waals surface area contributed by atoms with Gasteiger partial charge in [-0.1, -0.05) is 17.3 Å².